The van der Waals surface area contributed by atoms with E-state index in [4.69, 9.17) is 0 Å². The molecule has 2 unspecified atom stereocenters. The molecule has 1 spiro atoms. The van der Waals surface area contributed by atoms with Crippen molar-refractivity contribution < 1.29 is 22.8 Å². The van der Waals surface area contributed by atoms with Gasteiger partial charge in [0.15, 0.2) is 5.69 Å². The third-order valence-corrected chi connectivity index (χ3v) is 5.95. The van der Waals surface area contributed by atoms with Gasteiger partial charge in [0.25, 0.3) is 5.91 Å². The molecule has 158 valence electrons. The number of aromatic amines is 1. The molecular formula is C21H16F3N5O2. The fraction of sp³-hybridized carbons (Fsp3) is 0.238. The van der Waals surface area contributed by atoms with Crippen LogP contribution < -0.4 is 5.32 Å². The molecule has 5 rings (SSSR count). The minimum absolute atomic E-state index is 0.175. The van der Waals surface area contributed by atoms with Crippen molar-refractivity contribution in [1.82, 2.24) is 20.1 Å². The van der Waals surface area contributed by atoms with Crippen LogP contribution in [-0.2, 0) is 16.4 Å². The van der Waals surface area contributed by atoms with E-state index in [0.717, 1.165) is 5.56 Å². The van der Waals surface area contributed by atoms with Gasteiger partial charge in [-0.2, -0.15) is 18.3 Å². The molecule has 2 aliphatic rings. The molecule has 4 heterocycles. The molecule has 1 fully saturated rings. The molecule has 0 aliphatic carbocycles. The number of carbonyl (C=O) groups is 2. The summed E-state index contributed by atoms with van der Waals surface area (Å²) in [6.07, 6.45) is -1.19. The molecule has 2 aromatic heterocycles. The fourth-order valence-corrected chi connectivity index (χ4v) is 4.63. The molecule has 1 aromatic carbocycles. The molecule has 2 aliphatic heterocycles. The molecular weight excluding hydrogens is 411 g/mol. The van der Waals surface area contributed by atoms with E-state index in [1.807, 2.05) is 17.2 Å². The summed E-state index contributed by atoms with van der Waals surface area (Å²) in [5, 5.41) is 8.34. The highest BCUT2D eigenvalue weighted by Gasteiger charge is 2.59. The summed E-state index contributed by atoms with van der Waals surface area (Å²) in [6, 6.07) is 10.6. The van der Waals surface area contributed by atoms with Crippen LogP contribution in [0.4, 0.5) is 18.9 Å². The van der Waals surface area contributed by atoms with Crippen molar-refractivity contribution in [1.29, 1.82) is 0 Å². The largest absolute Gasteiger partial charge is 0.432 e. The number of amides is 2. The zero-order valence-corrected chi connectivity index (χ0v) is 16.0. The van der Waals surface area contributed by atoms with Crippen LogP contribution in [0.15, 0.2) is 54.9 Å². The van der Waals surface area contributed by atoms with Gasteiger partial charge in [-0.3, -0.25) is 19.7 Å². The van der Waals surface area contributed by atoms with Crippen molar-refractivity contribution in [3.8, 4) is 0 Å². The van der Waals surface area contributed by atoms with E-state index in [9.17, 15) is 22.8 Å². The molecule has 0 bridgehead atoms. The van der Waals surface area contributed by atoms with E-state index >= 15 is 0 Å². The van der Waals surface area contributed by atoms with Gasteiger partial charge in [0.05, 0.1) is 6.04 Å². The highest BCUT2D eigenvalue weighted by atomic mass is 19.4. The zero-order chi connectivity index (χ0) is 21.8. The lowest BCUT2D eigenvalue weighted by atomic mass is 9.73. The normalized spacial score (nSPS) is 22.6. The van der Waals surface area contributed by atoms with Crippen molar-refractivity contribution in [3.05, 3.63) is 77.4 Å². The minimum atomic E-state index is -4.65. The number of anilines is 1. The van der Waals surface area contributed by atoms with E-state index in [1.54, 1.807) is 36.7 Å². The van der Waals surface area contributed by atoms with Gasteiger partial charge in [-0.15, -0.1) is 0 Å². The number of nitrogens with zero attached hydrogens (tertiary/aromatic N) is 3. The minimum Gasteiger partial charge on any atom is -0.329 e. The highest BCUT2D eigenvalue weighted by molar-refractivity contribution is 6.08. The Morgan fingerprint density at radius 1 is 1.19 bits per heavy atom. The average Bonchev–Trinajstić information content (AvgIpc) is 3.46. The number of hydrogen-bond donors (Lipinski definition) is 2. The number of halogens is 3. The first-order valence-electron chi connectivity index (χ1n) is 9.57. The van der Waals surface area contributed by atoms with Crippen molar-refractivity contribution >= 4 is 17.5 Å². The Morgan fingerprint density at radius 2 is 2.00 bits per heavy atom. The molecule has 2 N–H and O–H groups in total. The number of carbonyl (C=O) groups excluding carboxylic acids is 2. The molecule has 10 heteroatoms. The summed E-state index contributed by atoms with van der Waals surface area (Å²) in [5.41, 5.74) is -0.501. The summed E-state index contributed by atoms with van der Waals surface area (Å²) >= 11 is 0. The number of pyridine rings is 1. The van der Waals surface area contributed by atoms with Gasteiger partial charge >= 0.3 is 6.18 Å². The Balaban J connectivity index is 1.62. The number of fused-ring (bicyclic) bond motifs is 2. The first-order chi connectivity index (χ1) is 14.8. The molecule has 2 atom stereocenters. The maximum atomic E-state index is 13.3. The molecule has 31 heavy (non-hydrogen) atoms. The molecule has 3 aromatic rings. The fourth-order valence-electron chi connectivity index (χ4n) is 4.63. The summed E-state index contributed by atoms with van der Waals surface area (Å²) in [4.78, 5) is 32.0. The molecule has 2 amide bonds. The number of rotatable bonds is 2. The quantitative estimate of drug-likeness (QED) is 0.657. The van der Waals surface area contributed by atoms with Crippen molar-refractivity contribution in [3.63, 3.8) is 0 Å². The van der Waals surface area contributed by atoms with Gasteiger partial charge in [0, 0.05) is 30.7 Å². The van der Waals surface area contributed by atoms with E-state index in [0.29, 0.717) is 23.7 Å². The van der Waals surface area contributed by atoms with Crippen molar-refractivity contribution in [2.24, 2.45) is 0 Å². The van der Waals surface area contributed by atoms with Gasteiger partial charge in [-0.1, -0.05) is 24.3 Å². The SMILES string of the molecule is O=C(c1cc(C(F)(F)F)[nH]n1)N1CCC2(C(=O)Nc3ccccc32)C1c1cccnc1. The van der Waals surface area contributed by atoms with E-state index in [-0.39, 0.29) is 18.1 Å². The first kappa shape index (κ1) is 19.3. The Hall–Kier alpha value is -3.69. The van der Waals surface area contributed by atoms with Gasteiger partial charge in [-0.25, -0.2) is 0 Å². The van der Waals surface area contributed by atoms with E-state index < -0.39 is 29.2 Å². The predicted molar refractivity (Wildman–Crippen MR) is 103 cm³/mol. The third kappa shape index (κ3) is 2.82. The number of H-pyrrole nitrogens is 1. The second-order valence-corrected chi connectivity index (χ2v) is 7.57. The number of benzene rings is 1. The number of likely N-dealkylation sites (tertiary alicyclic amines) is 1. The van der Waals surface area contributed by atoms with Gasteiger partial charge in [0.2, 0.25) is 5.91 Å². The zero-order valence-electron chi connectivity index (χ0n) is 16.0. The Morgan fingerprint density at radius 3 is 2.71 bits per heavy atom. The maximum absolute atomic E-state index is 13.3. The summed E-state index contributed by atoms with van der Waals surface area (Å²) in [5.74, 6) is -0.939. The standard InChI is InChI=1S/C21H16F3N5O2/c22-21(23,24)16-10-15(27-28-16)18(30)29-9-7-20(17(29)12-4-3-8-25-11-12)13-5-1-2-6-14(13)26-19(20)31/h1-6,8,10-11,17H,7,9H2,(H,26,31)(H,27,28). The Bertz CT molecular complexity index is 1180. The van der Waals surface area contributed by atoms with E-state index in [2.05, 4.69) is 15.4 Å². The number of para-hydroxylation sites is 1. The van der Waals surface area contributed by atoms with E-state index in [1.165, 1.54) is 4.90 Å². The van der Waals surface area contributed by atoms with Crippen LogP contribution in [0.25, 0.3) is 0 Å². The number of nitrogens with one attached hydrogen (secondary N) is 2. The van der Waals surface area contributed by atoms with Crippen LogP contribution in [0, 0.1) is 0 Å². The van der Waals surface area contributed by atoms with Crippen LogP contribution in [0.5, 0.6) is 0 Å². The topological polar surface area (TPSA) is 91.0 Å². The maximum Gasteiger partial charge on any atom is 0.432 e. The molecule has 0 radical (unpaired) electrons. The van der Waals surface area contributed by atoms with Crippen LogP contribution in [-0.4, -0.2) is 38.4 Å². The number of aromatic nitrogens is 3. The van der Waals surface area contributed by atoms with Gasteiger partial charge < -0.3 is 10.2 Å². The van der Waals surface area contributed by atoms with Gasteiger partial charge in [-0.05, 0) is 29.7 Å². The second-order valence-electron chi connectivity index (χ2n) is 7.57. The molecule has 1 saturated heterocycles. The van der Waals surface area contributed by atoms with Crippen LogP contribution in [0.3, 0.4) is 0 Å². The summed E-state index contributed by atoms with van der Waals surface area (Å²) in [6.45, 7) is 0.175. The van der Waals surface area contributed by atoms with Crippen molar-refractivity contribution in [2.45, 2.75) is 24.1 Å². The number of hydrogen-bond acceptors (Lipinski definition) is 4. The number of alkyl halides is 3. The lowest BCUT2D eigenvalue weighted by Crippen LogP contribution is -2.42. The first-order valence-corrected chi connectivity index (χ1v) is 9.57. The predicted octanol–water partition coefficient (Wildman–Crippen LogP) is 3.30. The lowest BCUT2D eigenvalue weighted by Gasteiger charge is -2.33. The van der Waals surface area contributed by atoms with Crippen LogP contribution >= 0.6 is 0 Å². The third-order valence-electron chi connectivity index (χ3n) is 5.95. The van der Waals surface area contributed by atoms with Crippen LogP contribution in [0.2, 0.25) is 0 Å². The molecule has 7 nitrogen and oxygen atoms in total. The summed E-state index contributed by atoms with van der Waals surface area (Å²) in [7, 11) is 0. The highest BCUT2D eigenvalue weighted by Crippen LogP contribution is 2.54. The average molecular weight is 427 g/mol. The van der Waals surface area contributed by atoms with Crippen LogP contribution in [0.1, 0.15) is 39.8 Å². The Kier molecular flexibility index (Phi) is 4.14. The second kappa shape index (κ2) is 6.66. The lowest BCUT2D eigenvalue weighted by molar-refractivity contribution is -0.141. The summed E-state index contributed by atoms with van der Waals surface area (Å²) < 4.78 is 38.9. The molecule has 0 saturated carbocycles. The monoisotopic (exact) mass is 427 g/mol. The van der Waals surface area contributed by atoms with Gasteiger partial charge in [0.1, 0.15) is 11.1 Å². The Labute approximate surface area is 174 Å². The van der Waals surface area contributed by atoms with Crippen molar-refractivity contribution in [2.75, 3.05) is 11.9 Å². The smallest absolute Gasteiger partial charge is 0.329 e.